The lowest BCUT2D eigenvalue weighted by molar-refractivity contribution is 0.0688. The van der Waals surface area contributed by atoms with Crippen LogP contribution in [0.1, 0.15) is 59.7 Å². The van der Waals surface area contributed by atoms with Crippen LogP contribution in [-0.4, -0.2) is 44.4 Å². The Morgan fingerprint density at radius 1 is 0.925 bits per heavy atom. The second kappa shape index (κ2) is 11.7. The number of hydrogen-bond acceptors (Lipinski definition) is 4. The molecule has 0 unspecified atom stereocenters. The van der Waals surface area contributed by atoms with Crippen molar-refractivity contribution in [1.29, 1.82) is 0 Å². The van der Waals surface area contributed by atoms with Crippen molar-refractivity contribution in [3.8, 4) is 0 Å². The first-order chi connectivity index (χ1) is 19.5. The van der Waals surface area contributed by atoms with E-state index >= 15 is 0 Å². The van der Waals surface area contributed by atoms with Crippen molar-refractivity contribution >= 4 is 50.0 Å². The van der Waals surface area contributed by atoms with E-state index < -0.39 is 0 Å². The van der Waals surface area contributed by atoms with E-state index in [2.05, 4.69) is 65.8 Å². The molecule has 0 radical (unpaired) electrons. The number of amides is 1. The molecule has 0 N–H and O–H groups in total. The molecule has 206 valence electrons. The minimum absolute atomic E-state index is 0.0200. The van der Waals surface area contributed by atoms with Crippen LogP contribution in [0.4, 0.5) is 0 Å². The number of piperidine rings is 1. The summed E-state index contributed by atoms with van der Waals surface area (Å²) in [6.07, 6.45) is 3.89. The number of carbonyl (C=O) groups excluding carboxylic acids is 1. The van der Waals surface area contributed by atoms with Crippen molar-refractivity contribution in [1.82, 2.24) is 19.4 Å². The van der Waals surface area contributed by atoms with Gasteiger partial charge in [0.05, 0.1) is 22.6 Å². The van der Waals surface area contributed by atoms with Crippen LogP contribution >= 0.6 is 22.9 Å². The highest BCUT2D eigenvalue weighted by Gasteiger charge is 2.27. The minimum atomic E-state index is -0.0506. The maximum absolute atomic E-state index is 14.0. The number of imidazole rings is 1. The van der Waals surface area contributed by atoms with E-state index in [9.17, 15) is 4.79 Å². The highest BCUT2D eigenvalue weighted by atomic mass is 35.5. The normalized spacial score (nSPS) is 14.4. The Kier molecular flexibility index (Phi) is 7.92. The van der Waals surface area contributed by atoms with Gasteiger partial charge < -0.3 is 9.47 Å². The number of hydrogen-bond donors (Lipinski definition) is 0. The first-order valence-electron chi connectivity index (χ1n) is 14.2. The van der Waals surface area contributed by atoms with E-state index in [1.54, 1.807) is 0 Å². The Morgan fingerprint density at radius 2 is 1.60 bits per heavy atom. The van der Waals surface area contributed by atoms with Crippen LogP contribution in [0, 0.1) is 0 Å². The maximum Gasteiger partial charge on any atom is 0.266 e. The molecular weight excluding hydrogens is 536 g/mol. The van der Waals surface area contributed by atoms with Gasteiger partial charge >= 0.3 is 0 Å². The number of rotatable bonds is 8. The molecule has 6 rings (SSSR count). The molecule has 0 saturated carbocycles. The Balaban J connectivity index is 1.34. The molecular formula is C33H35ClN4OS. The molecule has 1 fully saturated rings. The quantitative estimate of drug-likeness (QED) is 0.190. The van der Waals surface area contributed by atoms with Crippen molar-refractivity contribution in [2.45, 2.75) is 58.8 Å². The Hall–Kier alpha value is -3.19. The van der Waals surface area contributed by atoms with E-state index in [1.807, 2.05) is 35.2 Å². The van der Waals surface area contributed by atoms with Crippen molar-refractivity contribution in [3.05, 3.63) is 99.6 Å². The van der Waals surface area contributed by atoms with Crippen molar-refractivity contribution in [2.24, 2.45) is 0 Å². The van der Waals surface area contributed by atoms with Gasteiger partial charge in [-0.25, -0.2) is 4.98 Å². The number of likely N-dealkylation sites (tertiary alicyclic amines) is 1. The summed E-state index contributed by atoms with van der Waals surface area (Å²) in [4.78, 5) is 24.1. The third-order valence-electron chi connectivity index (χ3n) is 7.95. The SMILES string of the molecule is CC(C)N(Cc1nc2ccccc2n1Cc1ccccc1CN1CCCCC1)C(=O)c1sc2ccccc2c1Cl. The molecule has 1 amide bonds. The number of thiophene rings is 1. The molecule has 1 saturated heterocycles. The van der Waals surface area contributed by atoms with Crippen LogP contribution in [0.5, 0.6) is 0 Å². The minimum Gasteiger partial charge on any atom is -0.328 e. The third kappa shape index (κ3) is 5.40. The summed E-state index contributed by atoms with van der Waals surface area (Å²) < 4.78 is 3.32. The van der Waals surface area contributed by atoms with E-state index in [4.69, 9.17) is 16.6 Å². The zero-order valence-corrected chi connectivity index (χ0v) is 24.7. The number of para-hydroxylation sites is 2. The molecule has 2 aromatic heterocycles. The maximum atomic E-state index is 14.0. The Labute approximate surface area is 245 Å². The topological polar surface area (TPSA) is 41.4 Å². The van der Waals surface area contributed by atoms with Gasteiger partial charge in [0, 0.05) is 29.2 Å². The third-order valence-corrected chi connectivity index (χ3v) is 9.61. The summed E-state index contributed by atoms with van der Waals surface area (Å²) in [7, 11) is 0. The van der Waals surface area contributed by atoms with Gasteiger partial charge in [-0.15, -0.1) is 11.3 Å². The largest absolute Gasteiger partial charge is 0.328 e. The number of aromatic nitrogens is 2. The van der Waals surface area contributed by atoms with Crippen LogP contribution in [0.25, 0.3) is 21.1 Å². The summed E-state index contributed by atoms with van der Waals surface area (Å²) in [6, 6.07) is 24.9. The summed E-state index contributed by atoms with van der Waals surface area (Å²) >= 11 is 8.21. The van der Waals surface area contributed by atoms with Gasteiger partial charge in [-0.3, -0.25) is 9.69 Å². The number of halogens is 1. The molecule has 40 heavy (non-hydrogen) atoms. The fraction of sp³-hybridized carbons (Fsp3) is 0.333. The molecule has 0 spiro atoms. The molecule has 5 aromatic rings. The zero-order valence-electron chi connectivity index (χ0n) is 23.1. The van der Waals surface area contributed by atoms with Crippen LogP contribution in [0.15, 0.2) is 72.8 Å². The Morgan fingerprint density at radius 3 is 2.35 bits per heavy atom. The van der Waals surface area contributed by atoms with E-state index in [1.165, 1.54) is 54.8 Å². The number of benzene rings is 3. The lowest BCUT2D eigenvalue weighted by Crippen LogP contribution is -2.37. The smallest absolute Gasteiger partial charge is 0.266 e. The molecule has 3 heterocycles. The number of nitrogens with zero attached hydrogens (tertiary/aromatic N) is 4. The summed E-state index contributed by atoms with van der Waals surface area (Å²) in [5, 5.41) is 1.47. The second-order valence-electron chi connectivity index (χ2n) is 11.0. The van der Waals surface area contributed by atoms with Gasteiger partial charge in [-0.05, 0) is 69.1 Å². The zero-order chi connectivity index (χ0) is 27.6. The Bertz CT molecular complexity index is 1650. The van der Waals surface area contributed by atoms with E-state index in [0.29, 0.717) is 23.0 Å². The first kappa shape index (κ1) is 27.0. The molecule has 7 heteroatoms. The standard InChI is InChI=1S/C33H35ClN4OS/c1-23(2)37(33(39)32-31(34)26-14-6-9-17-29(26)40-32)22-30-35-27-15-7-8-16-28(27)38(30)21-25-13-5-4-12-24(25)20-36-18-10-3-11-19-36/h4-9,12-17,23H,3,10-11,18-22H2,1-2H3. The molecule has 0 atom stereocenters. The monoisotopic (exact) mass is 570 g/mol. The number of fused-ring (bicyclic) bond motifs is 2. The molecule has 3 aromatic carbocycles. The lowest BCUT2D eigenvalue weighted by atomic mass is 10.0. The highest BCUT2D eigenvalue weighted by Crippen LogP contribution is 2.36. The van der Waals surface area contributed by atoms with E-state index in [-0.39, 0.29) is 11.9 Å². The van der Waals surface area contributed by atoms with Gasteiger partial charge in [0.2, 0.25) is 0 Å². The molecule has 0 bridgehead atoms. The van der Waals surface area contributed by atoms with Gasteiger partial charge in [0.15, 0.2) is 0 Å². The van der Waals surface area contributed by atoms with Gasteiger partial charge in [-0.2, -0.15) is 0 Å². The first-order valence-corrected chi connectivity index (χ1v) is 15.4. The summed E-state index contributed by atoms with van der Waals surface area (Å²) in [5.74, 6) is 0.832. The fourth-order valence-electron chi connectivity index (χ4n) is 5.74. The van der Waals surface area contributed by atoms with Crippen LogP contribution in [0.2, 0.25) is 5.02 Å². The van der Waals surface area contributed by atoms with Gasteiger partial charge in [-0.1, -0.05) is 72.6 Å². The highest BCUT2D eigenvalue weighted by molar-refractivity contribution is 7.21. The fourth-order valence-corrected chi connectivity index (χ4v) is 7.21. The molecule has 0 aliphatic carbocycles. The number of carbonyl (C=O) groups is 1. The van der Waals surface area contributed by atoms with Crippen LogP contribution in [0.3, 0.4) is 0 Å². The summed E-state index contributed by atoms with van der Waals surface area (Å²) in [5.41, 5.74) is 4.69. The van der Waals surface area contributed by atoms with E-state index in [0.717, 1.165) is 33.5 Å². The predicted molar refractivity (Wildman–Crippen MR) is 166 cm³/mol. The molecule has 5 nitrogen and oxygen atoms in total. The van der Waals surface area contributed by atoms with Crippen LogP contribution < -0.4 is 0 Å². The van der Waals surface area contributed by atoms with Crippen molar-refractivity contribution in [2.75, 3.05) is 13.1 Å². The second-order valence-corrected chi connectivity index (χ2v) is 12.4. The van der Waals surface area contributed by atoms with Gasteiger partial charge in [0.25, 0.3) is 5.91 Å². The molecule has 1 aliphatic rings. The lowest BCUT2D eigenvalue weighted by Gasteiger charge is -2.28. The van der Waals surface area contributed by atoms with Crippen molar-refractivity contribution < 1.29 is 4.79 Å². The van der Waals surface area contributed by atoms with Gasteiger partial charge in [0.1, 0.15) is 10.7 Å². The molecule has 1 aliphatic heterocycles. The average molecular weight is 571 g/mol. The predicted octanol–water partition coefficient (Wildman–Crippen LogP) is 7.99. The van der Waals surface area contributed by atoms with Crippen molar-refractivity contribution in [3.63, 3.8) is 0 Å². The summed E-state index contributed by atoms with van der Waals surface area (Å²) in [6.45, 7) is 8.53. The van der Waals surface area contributed by atoms with Crippen LogP contribution in [-0.2, 0) is 19.6 Å². The average Bonchev–Trinajstić information content (AvgIpc) is 3.50.